The molecule has 98 valence electrons. The normalized spacial score (nSPS) is 10.1. The summed E-state index contributed by atoms with van der Waals surface area (Å²) in [4.78, 5) is 11.8. The summed E-state index contributed by atoms with van der Waals surface area (Å²) in [5.74, 6) is 0. The molecule has 0 spiro atoms. The summed E-state index contributed by atoms with van der Waals surface area (Å²) in [6, 6.07) is 12.5. The Bertz CT molecular complexity index is 590. The Morgan fingerprint density at radius 2 is 1.74 bits per heavy atom. The van der Waals surface area contributed by atoms with Crippen LogP contribution < -0.4 is 10.4 Å². The van der Waals surface area contributed by atoms with Crippen LogP contribution in [0.15, 0.2) is 48.5 Å². The van der Waals surface area contributed by atoms with Gasteiger partial charge >= 0.3 is 6.03 Å². The van der Waals surface area contributed by atoms with Crippen molar-refractivity contribution in [3.8, 4) is 0 Å². The smallest absolute Gasteiger partial charge is 0.306 e. The molecule has 0 aromatic heterocycles. The fourth-order valence-electron chi connectivity index (χ4n) is 1.43. The van der Waals surface area contributed by atoms with Crippen LogP contribution in [0.4, 0.5) is 16.2 Å². The van der Waals surface area contributed by atoms with E-state index in [0.29, 0.717) is 15.8 Å². The lowest BCUT2D eigenvalue weighted by Gasteiger charge is -2.16. The molecule has 0 radical (unpaired) electrons. The van der Waals surface area contributed by atoms with Gasteiger partial charge in [-0.2, -0.15) is 5.06 Å². The van der Waals surface area contributed by atoms with Crippen molar-refractivity contribution in [1.82, 2.24) is 0 Å². The van der Waals surface area contributed by atoms with Crippen molar-refractivity contribution >= 4 is 40.6 Å². The maximum Gasteiger partial charge on any atom is 0.350 e. The van der Waals surface area contributed by atoms with E-state index >= 15 is 0 Å². The molecule has 0 fully saturated rings. The van der Waals surface area contributed by atoms with Gasteiger partial charge in [0.05, 0.1) is 15.7 Å². The Kier molecular flexibility index (Phi) is 4.27. The van der Waals surface area contributed by atoms with Crippen LogP contribution >= 0.6 is 23.2 Å². The van der Waals surface area contributed by atoms with E-state index in [2.05, 4.69) is 5.32 Å². The molecule has 2 rings (SSSR count). The first-order chi connectivity index (χ1) is 9.08. The van der Waals surface area contributed by atoms with E-state index in [4.69, 9.17) is 23.2 Å². The van der Waals surface area contributed by atoms with E-state index in [1.807, 2.05) is 6.07 Å². The molecule has 2 N–H and O–H groups in total. The number of carbonyl (C=O) groups excluding carboxylic acids is 1. The van der Waals surface area contributed by atoms with Gasteiger partial charge in [0, 0.05) is 5.69 Å². The number of nitrogens with one attached hydrogen (secondary N) is 1. The average molecular weight is 297 g/mol. The Morgan fingerprint density at radius 3 is 2.37 bits per heavy atom. The second-order valence-corrected chi connectivity index (χ2v) is 4.52. The third kappa shape index (κ3) is 3.38. The van der Waals surface area contributed by atoms with Gasteiger partial charge in [-0.05, 0) is 30.3 Å². The quantitative estimate of drug-likeness (QED) is 0.636. The van der Waals surface area contributed by atoms with E-state index in [0.717, 1.165) is 0 Å². The largest absolute Gasteiger partial charge is 0.350 e. The molecule has 4 nitrogen and oxygen atoms in total. The number of carbonyl (C=O) groups is 1. The molecule has 0 saturated carbocycles. The first-order valence-electron chi connectivity index (χ1n) is 5.38. The Morgan fingerprint density at radius 1 is 1.05 bits per heavy atom. The van der Waals surface area contributed by atoms with Crippen molar-refractivity contribution < 1.29 is 10.0 Å². The third-order valence-electron chi connectivity index (χ3n) is 2.37. The molecule has 2 amide bonds. The summed E-state index contributed by atoms with van der Waals surface area (Å²) >= 11 is 11.6. The van der Waals surface area contributed by atoms with Gasteiger partial charge in [-0.15, -0.1) is 0 Å². The van der Waals surface area contributed by atoms with Crippen molar-refractivity contribution in [3.05, 3.63) is 58.6 Å². The molecule has 0 aliphatic heterocycles. The molecular weight excluding hydrogens is 287 g/mol. The van der Waals surface area contributed by atoms with Crippen LogP contribution in [0.1, 0.15) is 0 Å². The average Bonchev–Trinajstić information content (AvgIpc) is 2.42. The second kappa shape index (κ2) is 5.93. The summed E-state index contributed by atoms with van der Waals surface area (Å²) < 4.78 is 0. The summed E-state index contributed by atoms with van der Waals surface area (Å²) in [7, 11) is 0. The number of para-hydroxylation sites is 1. The minimum Gasteiger partial charge on any atom is -0.306 e. The van der Waals surface area contributed by atoms with E-state index in [1.54, 1.807) is 24.3 Å². The highest BCUT2D eigenvalue weighted by atomic mass is 35.5. The van der Waals surface area contributed by atoms with Gasteiger partial charge in [-0.1, -0.05) is 41.4 Å². The van der Waals surface area contributed by atoms with Crippen molar-refractivity contribution in [2.75, 3.05) is 10.4 Å². The second-order valence-electron chi connectivity index (χ2n) is 3.71. The Labute approximate surface area is 120 Å². The molecule has 0 aliphatic carbocycles. The molecule has 0 heterocycles. The molecule has 0 saturated heterocycles. The third-order valence-corrected chi connectivity index (χ3v) is 3.10. The molecule has 6 heteroatoms. The topological polar surface area (TPSA) is 52.6 Å². The number of benzene rings is 2. The van der Waals surface area contributed by atoms with Crippen molar-refractivity contribution in [2.24, 2.45) is 0 Å². The predicted octanol–water partition coefficient (Wildman–Crippen LogP) is 4.42. The maximum atomic E-state index is 11.8. The number of nitrogens with zero attached hydrogens (tertiary/aromatic N) is 1. The van der Waals surface area contributed by atoms with Gasteiger partial charge in [0.25, 0.3) is 0 Å². The minimum atomic E-state index is -0.690. The number of hydrogen-bond donors (Lipinski definition) is 2. The number of halogens is 2. The van der Waals surface area contributed by atoms with Gasteiger partial charge in [0.2, 0.25) is 0 Å². The van der Waals surface area contributed by atoms with Gasteiger partial charge in [-0.3, -0.25) is 5.21 Å². The van der Waals surface area contributed by atoms with Gasteiger partial charge in [-0.25, -0.2) is 4.79 Å². The van der Waals surface area contributed by atoms with Crippen molar-refractivity contribution in [2.45, 2.75) is 0 Å². The van der Waals surface area contributed by atoms with E-state index < -0.39 is 6.03 Å². The summed E-state index contributed by atoms with van der Waals surface area (Å²) in [5.41, 5.74) is 0.800. The summed E-state index contributed by atoms with van der Waals surface area (Å²) in [6.45, 7) is 0. The number of amides is 2. The molecule has 19 heavy (non-hydrogen) atoms. The van der Waals surface area contributed by atoms with Gasteiger partial charge in [0.1, 0.15) is 0 Å². The fraction of sp³-hybridized carbons (Fsp3) is 0. The molecule has 2 aromatic rings. The number of urea groups is 1. The lowest BCUT2D eigenvalue weighted by molar-refractivity contribution is 0.216. The molecule has 2 aromatic carbocycles. The van der Waals surface area contributed by atoms with Gasteiger partial charge in [0.15, 0.2) is 0 Å². The SMILES string of the molecule is O=C(Nc1ccccc1)N(O)c1ccc(Cl)c(Cl)c1. The number of anilines is 2. The highest BCUT2D eigenvalue weighted by Gasteiger charge is 2.14. The van der Waals surface area contributed by atoms with E-state index in [9.17, 15) is 10.0 Å². The van der Waals surface area contributed by atoms with Crippen molar-refractivity contribution in [1.29, 1.82) is 0 Å². The van der Waals surface area contributed by atoms with Crippen LogP contribution in [-0.2, 0) is 0 Å². The van der Waals surface area contributed by atoms with Gasteiger partial charge < -0.3 is 5.32 Å². The number of hydroxylamine groups is 1. The maximum absolute atomic E-state index is 11.8. The van der Waals surface area contributed by atoms with E-state index in [1.165, 1.54) is 18.2 Å². The zero-order valence-electron chi connectivity index (χ0n) is 9.68. The Balaban J connectivity index is 2.12. The standard InChI is InChI=1S/C13H10Cl2N2O2/c14-11-7-6-10(8-12(11)15)17(19)13(18)16-9-4-2-1-3-5-9/h1-8,19H,(H,16,18). The number of hydrogen-bond acceptors (Lipinski definition) is 2. The highest BCUT2D eigenvalue weighted by Crippen LogP contribution is 2.26. The fourth-order valence-corrected chi connectivity index (χ4v) is 1.72. The van der Waals surface area contributed by atoms with Crippen LogP contribution in [-0.4, -0.2) is 11.2 Å². The van der Waals surface area contributed by atoms with Crippen LogP contribution in [0, 0.1) is 0 Å². The molecule has 0 aliphatic rings. The summed E-state index contributed by atoms with van der Waals surface area (Å²) in [6.07, 6.45) is 0. The molecular formula is C13H10Cl2N2O2. The molecule has 0 unspecified atom stereocenters. The highest BCUT2D eigenvalue weighted by molar-refractivity contribution is 6.42. The predicted molar refractivity (Wildman–Crippen MR) is 76.2 cm³/mol. The zero-order valence-corrected chi connectivity index (χ0v) is 11.2. The van der Waals surface area contributed by atoms with Crippen LogP contribution in [0.2, 0.25) is 10.0 Å². The van der Waals surface area contributed by atoms with E-state index in [-0.39, 0.29) is 10.7 Å². The first kappa shape index (κ1) is 13.7. The number of rotatable bonds is 2. The van der Waals surface area contributed by atoms with Crippen LogP contribution in [0.3, 0.4) is 0 Å². The lowest BCUT2D eigenvalue weighted by atomic mass is 10.3. The summed E-state index contributed by atoms with van der Waals surface area (Å²) in [5, 5.41) is 13.4. The molecule has 0 atom stereocenters. The van der Waals surface area contributed by atoms with Crippen LogP contribution in [0.25, 0.3) is 0 Å². The Hall–Kier alpha value is -1.75. The van der Waals surface area contributed by atoms with Crippen LogP contribution in [0.5, 0.6) is 0 Å². The molecule has 0 bridgehead atoms. The first-order valence-corrected chi connectivity index (χ1v) is 6.13. The minimum absolute atomic E-state index is 0.225. The zero-order chi connectivity index (χ0) is 13.8. The van der Waals surface area contributed by atoms with Crippen molar-refractivity contribution in [3.63, 3.8) is 0 Å². The lowest BCUT2D eigenvalue weighted by Crippen LogP contribution is -2.31. The monoisotopic (exact) mass is 296 g/mol.